The van der Waals surface area contributed by atoms with E-state index in [4.69, 9.17) is 5.73 Å². The van der Waals surface area contributed by atoms with Crippen LogP contribution in [0.15, 0.2) is 0 Å². The van der Waals surface area contributed by atoms with Crippen LogP contribution in [-0.2, 0) is 0 Å². The van der Waals surface area contributed by atoms with Crippen molar-refractivity contribution in [1.82, 2.24) is 9.80 Å². The molecule has 3 nitrogen and oxygen atoms in total. The van der Waals surface area contributed by atoms with Gasteiger partial charge in [0.05, 0.1) is 0 Å². The van der Waals surface area contributed by atoms with Gasteiger partial charge in [-0.05, 0) is 44.4 Å². The molecule has 0 amide bonds. The first-order valence-electron chi connectivity index (χ1n) is 8.32. The molecule has 0 aromatic rings. The van der Waals surface area contributed by atoms with E-state index >= 15 is 0 Å². The van der Waals surface area contributed by atoms with E-state index in [1.165, 1.54) is 58.4 Å². The van der Waals surface area contributed by atoms with Crippen LogP contribution in [0, 0.1) is 11.8 Å². The van der Waals surface area contributed by atoms with Gasteiger partial charge < -0.3 is 10.6 Å². The van der Waals surface area contributed by atoms with E-state index in [9.17, 15) is 0 Å². The van der Waals surface area contributed by atoms with Crippen LogP contribution in [0.3, 0.4) is 0 Å². The zero-order valence-corrected chi connectivity index (χ0v) is 13.1. The van der Waals surface area contributed by atoms with E-state index in [2.05, 4.69) is 30.6 Å². The zero-order chi connectivity index (χ0) is 13.8. The normalized spacial score (nSPS) is 36.3. The maximum Gasteiger partial charge on any atom is 0.0113 e. The van der Waals surface area contributed by atoms with Gasteiger partial charge in [0.2, 0.25) is 0 Å². The second kappa shape index (κ2) is 7.05. The fourth-order valence-electron chi connectivity index (χ4n) is 3.71. The number of hydrogen-bond donors (Lipinski definition) is 1. The van der Waals surface area contributed by atoms with Gasteiger partial charge in [0.15, 0.2) is 0 Å². The second-order valence-corrected chi connectivity index (χ2v) is 6.94. The summed E-state index contributed by atoms with van der Waals surface area (Å²) in [6.45, 7) is 13.2. The lowest BCUT2D eigenvalue weighted by atomic mass is 9.79. The van der Waals surface area contributed by atoms with Crippen molar-refractivity contribution < 1.29 is 0 Å². The lowest BCUT2D eigenvalue weighted by molar-refractivity contribution is 0.0765. The topological polar surface area (TPSA) is 32.5 Å². The number of rotatable bonds is 4. The Morgan fingerprint density at radius 1 is 1.16 bits per heavy atom. The van der Waals surface area contributed by atoms with Crippen LogP contribution in [0.4, 0.5) is 0 Å². The van der Waals surface area contributed by atoms with Crippen molar-refractivity contribution in [3.05, 3.63) is 0 Å². The highest BCUT2D eigenvalue weighted by Gasteiger charge is 2.29. The quantitative estimate of drug-likeness (QED) is 0.847. The van der Waals surface area contributed by atoms with Crippen molar-refractivity contribution in [1.29, 1.82) is 0 Å². The van der Waals surface area contributed by atoms with Crippen molar-refractivity contribution in [3.63, 3.8) is 0 Å². The molecule has 2 N–H and O–H groups in total. The maximum absolute atomic E-state index is 6.32. The Morgan fingerprint density at radius 3 is 2.47 bits per heavy atom. The van der Waals surface area contributed by atoms with Crippen molar-refractivity contribution in [2.75, 3.05) is 32.7 Å². The number of piperazine rings is 1. The predicted molar refractivity (Wildman–Crippen MR) is 82.2 cm³/mol. The molecular formula is C16H33N3. The molecule has 4 unspecified atom stereocenters. The molecule has 0 aromatic heterocycles. The first kappa shape index (κ1) is 15.3. The van der Waals surface area contributed by atoms with E-state index in [1.807, 2.05) is 0 Å². The molecule has 2 rings (SSSR count). The van der Waals surface area contributed by atoms with Gasteiger partial charge in [0.25, 0.3) is 0 Å². The molecule has 19 heavy (non-hydrogen) atoms. The molecule has 1 saturated heterocycles. The Balaban J connectivity index is 1.75. The summed E-state index contributed by atoms with van der Waals surface area (Å²) < 4.78 is 0. The molecule has 4 atom stereocenters. The van der Waals surface area contributed by atoms with Gasteiger partial charge in [0, 0.05) is 44.8 Å². The molecule has 0 spiro atoms. The standard InChI is InChI=1S/C16H33N3/c1-4-14(3)19-9-7-18(8-10-19)12-15-11-13(2)5-6-16(15)17/h13-16H,4-12,17H2,1-3H3. The SMILES string of the molecule is CCC(C)N1CCN(CC2CC(C)CCC2N)CC1. The summed E-state index contributed by atoms with van der Waals surface area (Å²) >= 11 is 0. The first-order chi connectivity index (χ1) is 9.10. The third-order valence-electron chi connectivity index (χ3n) is 5.42. The third-order valence-corrected chi connectivity index (χ3v) is 5.42. The molecule has 0 aromatic carbocycles. The molecule has 112 valence electrons. The Morgan fingerprint density at radius 2 is 1.84 bits per heavy atom. The van der Waals surface area contributed by atoms with Crippen LogP contribution in [0.25, 0.3) is 0 Å². The highest BCUT2D eigenvalue weighted by molar-refractivity contribution is 4.85. The fourth-order valence-corrected chi connectivity index (χ4v) is 3.71. The minimum Gasteiger partial charge on any atom is -0.327 e. The largest absolute Gasteiger partial charge is 0.327 e. The molecule has 3 heteroatoms. The van der Waals surface area contributed by atoms with Gasteiger partial charge in [-0.1, -0.05) is 13.8 Å². The van der Waals surface area contributed by atoms with E-state index in [0.29, 0.717) is 6.04 Å². The summed E-state index contributed by atoms with van der Waals surface area (Å²) in [6, 6.07) is 1.20. The van der Waals surface area contributed by atoms with Crippen LogP contribution < -0.4 is 5.73 Å². The Hall–Kier alpha value is -0.120. The summed E-state index contributed by atoms with van der Waals surface area (Å²) in [5.74, 6) is 1.62. The summed E-state index contributed by atoms with van der Waals surface area (Å²) in [6.07, 6.45) is 5.18. The molecule has 2 fully saturated rings. The molecule has 0 radical (unpaired) electrons. The van der Waals surface area contributed by atoms with Crippen LogP contribution in [0.2, 0.25) is 0 Å². The Bertz CT molecular complexity index is 261. The smallest absolute Gasteiger partial charge is 0.0113 e. The molecule has 0 bridgehead atoms. The van der Waals surface area contributed by atoms with Crippen molar-refractivity contribution in [3.8, 4) is 0 Å². The monoisotopic (exact) mass is 267 g/mol. The molecule has 1 heterocycles. The summed E-state index contributed by atoms with van der Waals surface area (Å²) in [4.78, 5) is 5.29. The molecular weight excluding hydrogens is 234 g/mol. The van der Waals surface area contributed by atoms with Crippen LogP contribution in [-0.4, -0.2) is 54.6 Å². The van der Waals surface area contributed by atoms with E-state index in [1.54, 1.807) is 0 Å². The second-order valence-electron chi connectivity index (χ2n) is 6.94. The van der Waals surface area contributed by atoms with Gasteiger partial charge in [-0.3, -0.25) is 4.90 Å². The number of hydrogen-bond acceptors (Lipinski definition) is 3. The van der Waals surface area contributed by atoms with Crippen LogP contribution in [0.1, 0.15) is 46.5 Å². The number of nitrogens with two attached hydrogens (primary N) is 1. The van der Waals surface area contributed by atoms with E-state index in [-0.39, 0.29) is 0 Å². The summed E-state index contributed by atoms with van der Waals surface area (Å²) in [5, 5.41) is 0. The lowest BCUT2D eigenvalue weighted by Gasteiger charge is -2.41. The molecule has 1 saturated carbocycles. The summed E-state index contributed by atoms with van der Waals surface area (Å²) in [7, 11) is 0. The van der Waals surface area contributed by atoms with Crippen LogP contribution in [0.5, 0.6) is 0 Å². The van der Waals surface area contributed by atoms with Gasteiger partial charge in [-0.15, -0.1) is 0 Å². The molecule has 2 aliphatic rings. The fraction of sp³-hybridized carbons (Fsp3) is 1.00. The Labute approximate surface area is 119 Å². The third kappa shape index (κ3) is 4.17. The zero-order valence-electron chi connectivity index (χ0n) is 13.1. The van der Waals surface area contributed by atoms with E-state index < -0.39 is 0 Å². The highest BCUT2D eigenvalue weighted by Crippen LogP contribution is 2.28. The first-order valence-corrected chi connectivity index (χ1v) is 8.32. The van der Waals surface area contributed by atoms with Gasteiger partial charge in [-0.2, -0.15) is 0 Å². The molecule has 1 aliphatic carbocycles. The van der Waals surface area contributed by atoms with E-state index in [0.717, 1.165) is 17.9 Å². The Kier molecular flexibility index (Phi) is 5.67. The average Bonchev–Trinajstić information content (AvgIpc) is 2.43. The maximum atomic E-state index is 6.32. The minimum atomic E-state index is 0.448. The average molecular weight is 267 g/mol. The number of nitrogens with zero attached hydrogens (tertiary/aromatic N) is 2. The highest BCUT2D eigenvalue weighted by atomic mass is 15.3. The predicted octanol–water partition coefficient (Wildman–Crippen LogP) is 2.17. The lowest BCUT2D eigenvalue weighted by Crippen LogP contribution is -2.52. The van der Waals surface area contributed by atoms with Gasteiger partial charge in [0.1, 0.15) is 0 Å². The van der Waals surface area contributed by atoms with Gasteiger partial charge in [-0.25, -0.2) is 0 Å². The molecule has 1 aliphatic heterocycles. The summed E-state index contributed by atoms with van der Waals surface area (Å²) in [5.41, 5.74) is 6.32. The van der Waals surface area contributed by atoms with Crippen molar-refractivity contribution in [2.24, 2.45) is 17.6 Å². The van der Waals surface area contributed by atoms with Gasteiger partial charge >= 0.3 is 0 Å². The van der Waals surface area contributed by atoms with Crippen LogP contribution >= 0.6 is 0 Å². The van der Waals surface area contributed by atoms with Crippen molar-refractivity contribution >= 4 is 0 Å². The minimum absolute atomic E-state index is 0.448. The van der Waals surface area contributed by atoms with Crippen molar-refractivity contribution in [2.45, 2.75) is 58.5 Å².